The molecule has 1 heterocycles. The number of epoxide rings is 1. The molecule has 0 saturated carbocycles. The molecule has 0 N–H and O–H groups in total. The predicted octanol–water partition coefficient (Wildman–Crippen LogP) is 0.410. The van der Waals surface area contributed by atoms with E-state index in [0.29, 0.717) is 18.8 Å². The lowest BCUT2D eigenvalue weighted by atomic mass is 10.4. The van der Waals surface area contributed by atoms with E-state index in [1.807, 2.05) is 0 Å². The Balaban J connectivity index is 1.87. The lowest BCUT2D eigenvalue weighted by molar-refractivity contribution is -0.331. The number of ether oxygens (including phenoxy) is 2. The average Bonchev–Trinajstić information content (AvgIpc) is 2.87. The number of carbonyl (C=O) groups excluding carboxylic acids is 1. The number of hydrogen-bond acceptors (Lipinski definition) is 5. The summed E-state index contributed by atoms with van der Waals surface area (Å²) in [6, 6.07) is 0. The molecule has 5 heteroatoms. The van der Waals surface area contributed by atoms with Crippen molar-refractivity contribution >= 4 is 5.97 Å². The van der Waals surface area contributed by atoms with Crippen molar-refractivity contribution in [1.82, 2.24) is 0 Å². The van der Waals surface area contributed by atoms with E-state index in [0.717, 1.165) is 0 Å². The summed E-state index contributed by atoms with van der Waals surface area (Å²) in [5, 5.41) is 0. The summed E-state index contributed by atoms with van der Waals surface area (Å²) >= 11 is 0. The molecule has 0 aromatic heterocycles. The van der Waals surface area contributed by atoms with Gasteiger partial charge in [-0.15, -0.1) is 0 Å². The maximum Gasteiger partial charge on any atom is 0.335 e. The predicted molar refractivity (Wildman–Crippen MR) is 42.6 cm³/mol. The van der Waals surface area contributed by atoms with Gasteiger partial charge in [0, 0.05) is 5.57 Å². The van der Waals surface area contributed by atoms with E-state index in [2.05, 4.69) is 21.1 Å². The Hall–Kier alpha value is -0.910. The van der Waals surface area contributed by atoms with Gasteiger partial charge >= 0.3 is 5.97 Å². The monoisotopic (exact) mass is 188 g/mol. The SMILES string of the molecule is C=C(C)C(=O)OCOOCC1CO1. The van der Waals surface area contributed by atoms with Crippen LogP contribution in [0.3, 0.4) is 0 Å². The molecular formula is C8H12O5. The van der Waals surface area contributed by atoms with Crippen LogP contribution in [-0.4, -0.2) is 32.1 Å². The van der Waals surface area contributed by atoms with Crippen LogP contribution < -0.4 is 0 Å². The second-order valence-corrected chi connectivity index (χ2v) is 2.69. The highest BCUT2D eigenvalue weighted by Gasteiger charge is 2.22. The van der Waals surface area contributed by atoms with E-state index < -0.39 is 5.97 Å². The van der Waals surface area contributed by atoms with E-state index in [4.69, 9.17) is 4.74 Å². The highest BCUT2D eigenvalue weighted by atomic mass is 17.2. The molecule has 1 rings (SSSR count). The average molecular weight is 188 g/mol. The van der Waals surface area contributed by atoms with Gasteiger partial charge in [-0.05, 0) is 6.92 Å². The first-order valence-corrected chi connectivity index (χ1v) is 3.89. The normalized spacial score (nSPS) is 19.6. The van der Waals surface area contributed by atoms with Crippen LogP contribution in [0.25, 0.3) is 0 Å². The Morgan fingerprint density at radius 1 is 1.62 bits per heavy atom. The zero-order valence-corrected chi connectivity index (χ0v) is 7.45. The smallest absolute Gasteiger partial charge is 0.335 e. The minimum absolute atomic E-state index is 0.136. The molecule has 0 amide bonds. The Labute approximate surface area is 76.1 Å². The summed E-state index contributed by atoms with van der Waals surface area (Å²) in [7, 11) is 0. The van der Waals surface area contributed by atoms with Gasteiger partial charge in [0.25, 0.3) is 0 Å². The molecule has 0 aromatic carbocycles. The van der Waals surface area contributed by atoms with Crippen molar-refractivity contribution in [2.75, 3.05) is 20.0 Å². The highest BCUT2D eigenvalue weighted by molar-refractivity contribution is 5.86. The third-order valence-electron chi connectivity index (χ3n) is 1.33. The summed E-state index contributed by atoms with van der Waals surface area (Å²) in [5.74, 6) is -0.494. The summed E-state index contributed by atoms with van der Waals surface area (Å²) < 4.78 is 9.43. The third-order valence-corrected chi connectivity index (χ3v) is 1.33. The van der Waals surface area contributed by atoms with E-state index >= 15 is 0 Å². The summed E-state index contributed by atoms with van der Waals surface area (Å²) in [6.45, 7) is 5.80. The molecule has 1 fully saturated rings. The molecule has 0 spiro atoms. The van der Waals surface area contributed by atoms with Gasteiger partial charge in [-0.1, -0.05) is 6.58 Å². The van der Waals surface area contributed by atoms with Crippen LogP contribution >= 0.6 is 0 Å². The molecule has 0 radical (unpaired) electrons. The first-order chi connectivity index (χ1) is 6.20. The quantitative estimate of drug-likeness (QED) is 0.115. The first-order valence-electron chi connectivity index (χ1n) is 3.89. The zero-order valence-electron chi connectivity index (χ0n) is 7.45. The second-order valence-electron chi connectivity index (χ2n) is 2.69. The fourth-order valence-electron chi connectivity index (χ4n) is 0.523. The van der Waals surface area contributed by atoms with Crippen molar-refractivity contribution in [3.8, 4) is 0 Å². The highest BCUT2D eigenvalue weighted by Crippen LogP contribution is 2.08. The lowest BCUT2D eigenvalue weighted by Crippen LogP contribution is -2.10. The van der Waals surface area contributed by atoms with Crippen molar-refractivity contribution in [2.45, 2.75) is 13.0 Å². The molecule has 1 atom stereocenters. The molecule has 0 aromatic rings. The number of rotatable bonds is 6. The fraction of sp³-hybridized carbons (Fsp3) is 0.625. The Bertz CT molecular complexity index is 197. The Morgan fingerprint density at radius 2 is 2.31 bits per heavy atom. The maximum absolute atomic E-state index is 10.8. The maximum atomic E-state index is 10.8. The van der Waals surface area contributed by atoms with Gasteiger partial charge in [0.15, 0.2) is 0 Å². The van der Waals surface area contributed by atoms with Crippen molar-refractivity contribution in [2.24, 2.45) is 0 Å². The number of carbonyl (C=O) groups is 1. The van der Waals surface area contributed by atoms with Crippen molar-refractivity contribution < 1.29 is 24.0 Å². The van der Waals surface area contributed by atoms with Crippen molar-refractivity contribution in [3.63, 3.8) is 0 Å². The number of hydrogen-bond donors (Lipinski definition) is 0. The molecule has 74 valence electrons. The van der Waals surface area contributed by atoms with E-state index in [9.17, 15) is 4.79 Å². The topological polar surface area (TPSA) is 57.3 Å². The molecule has 0 bridgehead atoms. The second kappa shape index (κ2) is 4.96. The number of esters is 1. The summed E-state index contributed by atoms with van der Waals surface area (Å²) in [6.07, 6.45) is 0.136. The molecule has 1 saturated heterocycles. The van der Waals surface area contributed by atoms with Crippen molar-refractivity contribution in [1.29, 1.82) is 0 Å². The van der Waals surface area contributed by atoms with Crippen LogP contribution in [0.4, 0.5) is 0 Å². The largest absolute Gasteiger partial charge is 0.432 e. The lowest BCUT2D eigenvalue weighted by Gasteiger charge is -2.03. The Kier molecular flexibility index (Phi) is 3.88. The van der Waals surface area contributed by atoms with Gasteiger partial charge in [0.05, 0.1) is 6.61 Å². The summed E-state index contributed by atoms with van der Waals surface area (Å²) in [5.41, 5.74) is 0.328. The van der Waals surface area contributed by atoms with Crippen LogP contribution in [-0.2, 0) is 24.0 Å². The zero-order chi connectivity index (χ0) is 9.68. The first kappa shape index (κ1) is 10.2. The van der Waals surface area contributed by atoms with Gasteiger partial charge in [-0.3, -0.25) is 0 Å². The van der Waals surface area contributed by atoms with Crippen molar-refractivity contribution in [3.05, 3.63) is 12.2 Å². The molecule has 13 heavy (non-hydrogen) atoms. The van der Waals surface area contributed by atoms with E-state index in [-0.39, 0.29) is 12.9 Å². The molecule has 5 nitrogen and oxygen atoms in total. The van der Waals surface area contributed by atoms with Crippen LogP contribution in [0, 0.1) is 0 Å². The van der Waals surface area contributed by atoms with E-state index in [1.54, 1.807) is 6.92 Å². The van der Waals surface area contributed by atoms with Gasteiger partial charge in [-0.2, -0.15) is 4.89 Å². The van der Waals surface area contributed by atoms with Gasteiger partial charge in [0.1, 0.15) is 12.7 Å². The van der Waals surface area contributed by atoms with Gasteiger partial charge < -0.3 is 9.47 Å². The molecule has 0 aliphatic carbocycles. The molecule has 1 aliphatic rings. The minimum atomic E-state index is -0.494. The summed E-state index contributed by atoms with van der Waals surface area (Å²) in [4.78, 5) is 20.0. The van der Waals surface area contributed by atoms with Crippen LogP contribution in [0.2, 0.25) is 0 Å². The minimum Gasteiger partial charge on any atom is -0.432 e. The Morgan fingerprint density at radius 3 is 2.85 bits per heavy atom. The molecule has 1 aliphatic heterocycles. The fourth-order valence-corrected chi connectivity index (χ4v) is 0.523. The third kappa shape index (κ3) is 4.62. The molecular weight excluding hydrogens is 176 g/mol. The van der Waals surface area contributed by atoms with Crippen LogP contribution in [0.1, 0.15) is 6.92 Å². The standard InChI is InChI=1S/C8H12O5/c1-6(2)8(9)11-5-13-12-4-7-3-10-7/h7H,1,3-5H2,2H3. The molecule has 1 unspecified atom stereocenters. The van der Waals surface area contributed by atoms with Crippen LogP contribution in [0.15, 0.2) is 12.2 Å². The van der Waals surface area contributed by atoms with Gasteiger partial charge in [0.2, 0.25) is 6.79 Å². The van der Waals surface area contributed by atoms with Crippen LogP contribution in [0.5, 0.6) is 0 Å². The van der Waals surface area contributed by atoms with Gasteiger partial charge in [-0.25, -0.2) is 9.68 Å². The van der Waals surface area contributed by atoms with E-state index in [1.165, 1.54) is 0 Å².